The molecular weight excluding hydrogens is 414 g/mol. The summed E-state index contributed by atoms with van der Waals surface area (Å²) in [5.41, 5.74) is 4.44. The van der Waals surface area contributed by atoms with Gasteiger partial charge in [0.25, 0.3) is 11.8 Å². The van der Waals surface area contributed by atoms with Gasteiger partial charge in [-0.3, -0.25) is 9.59 Å². The number of nitrogens with zero attached hydrogens (tertiary/aromatic N) is 2. The van der Waals surface area contributed by atoms with Gasteiger partial charge in [-0.2, -0.15) is 0 Å². The van der Waals surface area contributed by atoms with E-state index >= 15 is 0 Å². The number of amides is 2. The lowest BCUT2D eigenvalue weighted by Gasteiger charge is -2.22. The second-order valence-electron chi connectivity index (χ2n) is 7.96. The van der Waals surface area contributed by atoms with Gasteiger partial charge in [0.15, 0.2) is 5.75 Å². The molecule has 1 aliphatic rings. The Kier molecular flexibility index (Phi) is 6.36. The average molecular weight is 444 g/mol. The largest absolute Gasteiger partial charge is 0.454 e. The van der Waals surface area contributed by atoms with E-state index in [1.165, 1.54) is 0 Å². The molecule has 170 valence electrons. The molecular formula is C27H29N3O3. The number of anilines is 3. The molecule has 1 aliphatic heterocycles. The average Bonchev–Trinajstić information content (AvgIpc) is 2.94. The van der Waals surface area contributed by atoms with Crippen molar-refractivity contribution in [3.05, 3.63) is 77.4 Å². The summed E-state index contributed by atoms with van der Waals surface area (Å²) in [6, 6.07) is 18.4. The Hall–Kier alpha value is -3.80. The quantitative estimate of drug-likeness (QED) is 0.518. The SMILES string of the molecule is CCN(CC)c1ccc(NC(=O)c2ccc3c(c2)N(CC)C(=O)c2ccccc2O3)c(C)c1. The van der Waals surface area contributed by atoms with Gasteiger partial charge in [0, 0.05) is 36.6 Å². The maximum Gasteiger partial charge on any atom is 0.262 e. The summed E-state index contributed by atoms with van der Waals surface area (Å²) >= 11 is 0. The van der Waals surface area contributed by atoms with Crippen molar-refractivity contribution in [2.75, 3.05) is 34.8 Å². The number of benzene rings is 3. The summed E-state index contributed by atoms with van der Waals surface area (Å²) < 4.78 is 6.03. The summed E-state index contributed by atoms with van der Waals surface area (Å²) in [5.74, 6) is 0.682. The number of para-hydroxylation sites is 1. The minimum absolute atomic E-state index is 0.146. The fourth-order valence-electron chi connectivity index (χ4n) is 4.14. The zero-order valence-corrected chi connectivity index (χ0v) is 19.5. The molecule has 0 atom stereocenters. The number of ether oxygens (including phenoxy) is 1. The van der Waals surface area contributed by atoms with Gasteiger partial charge in [0.05, 0.1) is 11.3 Å². The van der Waals surface area contributed by atoms with Crippen LogP contribution in [-0.4, -0.2) is 31.4 Å². The van der Waals surface area contributed by atoms with Crippen molar-refractivity contribution in [2.24, 2.45) is 0 Å². The smallest absolute Gasteiger partial charge is 0.262 e. The standard InChI is InChI=1S/C27H29N3O3/c1-5-29(6-2)20-13-14-22(18(4)16-20)28-26(31)19-12-15-25-23(17-19)30(7-3)27(32)21-10-8-9-11-24(21)33-25/h8-17H,5-7H2,1-4H3,(H,28,31). The molecule has 0 fully saturated rings. The summed E-state index contributed by atoms with van der Waals surface area (Å²) in [4.78, 5) is 30.1. The van der Waals surface area contributed by atoms with Crippen LogP contribution in [0.4, 0.5) is 17.1 Å². The van der Waals surface area contributed by atoms with E-state index in [0.717, 1.165) is 30.0 Å². The normalized spacial score (nSPS) is 12.4. The molecule has 0 radical (unpaired) electrons. The summed E-state index contributed by atoms with van der Waals surface area (Å²) in [5, 5.41) is 3.01. The topological polar surface area (TPSA) is 61.9 Å². The third-order valence-electron chi connectivity index (χ3n) is 6.00. The van der Waals surface area contributed by atoms with Crippen LogP contribution in [0.2, 0.25) is 0 Å². The van der Waals surface area contributed by atoms with Gasteiger partial charge in [0.2, 0.25) is 0 Å². The van der Waals surface area contributed by atoms with Crippen LogP contribution < -0.4 is 19.9 Å². The van der Waals surface area contributed by atoms with Crippen LogP contribution in [0.15, 0.2) is 60.7 Å². The van der Waals surface area contributed by atoms with Gasteiger partial charge in [-0.25, -0.2) is 0 Å². The zero-order chi connectivity index (χ0) is 23.5. The first-order valence-corrected chi connectivity index (χ1v) is 11.4. The molecule has 3 aromatic rings. The Morgan fingerprint density at radius 3 is 2.42 bits per heavy atom. The maximum absolute atomic E-state index is 13.1. The van der Waals surface area contributed by atoms with E-state index in [4.69, 9.17) is 4.74 Å². The van der Waals surface area contributed by atoms with E-state index in [2.05, 4.69) is 30.1 Å². The molecule has 1 N–H and O–H groups in total. The molecule has 4 rings (SSSR count). The molecule has 33 heavy (non-hydrogen) atoms. The minimum atomic E-state index is -0.234. The number of hydrogen-bond donors (Lipinski definition) is 1. The molecule has 0 spiro atoms. The number of carbonyl (C=O) groups excluding carboxylic acids is 2. The van der Waals surface area contributed by atoms with Crippen LogP contribution in [0.5, 0.6) is 11.5 Å². The van der Waals surface area contributed by atoms with Gasteiger partial charge >= 0.3 is 0 Å². The number of hydrogen-bond acceptors (Lipinski definition) is 4. The second-order valence-corrected chi connectivity index (χ2v) is 7.96. The Labute approximate surface area is 194 Å². The van der Waals surface area contributed by atoms with Crippen LogP contribution in [0.25, 0.3) is 0 Å². The Morgan fingerprint density at radius 1 is 0.970 bits per heavy atom. The lowest BCUT2D eigenvalue weighted by Crippen LogP contribution is -2.30. The number of aryl methyl sites for hydroxylation is 1. The summed E-state index contributed by atoms with van der Waals surface area (Å²) in [6.07, 6.45) is 0. The van der Waals surface area contributed by atoms with Crippen molar-refractivity contribution in [1.82, 2.24) is 0 Å². The first-order chi connectivity index (χ1) is 16.0. The monoisotopic (exact) mass is 443 g/mol. The third-order valence-corrected chi connectivity index (χ3v) is 6.00. The van der Waals surface area contributed by atoms with Crippen LogP contribution >= 0.6 is 0 Å². The van der Waals surface area contributed by atoms with E-state index in [1.807, 2.05) is 38.1 Å². The molecule has 6 nitrogen and oxygen atoms in total. The van der Waals surface area contributed by atoms with Crippen LogP contribution in [0.1, 0.15) is 47.1 Å². The lowest BCUT2D eigenvalue weighted by molar-refractivity contribution is 0.0985. The van der Waals surface area contributed by atoms with Crippen LogP contribution in [0.3, 0.4) is 0 Å². The number of fused-ring (bicyclic) bond motifs is 2. The molecule has 0 saturated carbocycles. The Morgan fingerprint density at radius 2 is 1.73 bits per heavy atom. The molecule has 0 aliphatic carbocycles. The van der Waals surface area contributed by atoms with Crippen molar-refractivity contribution >= 4 is 28.9 Å². The molecule has 2 amide bonds. The first-order valence-electron chi connectivity index (χ1n) is 11.4. The third kappa shape index (κ3) is 4.29. The molecule has 0 aromatic heterocycles. The number of rotatable bonds is 6. The zero-order valence-electron chi connectivity index (χ0n) is 19.5. The van der Waals surface area contributed by atoms with Crippen molar-refractivity contribution < 1.29 is 14.3 Å². The van der Waals surface area contributed by atoms with Gasteiger partial charge in [-0.05, 0) is 81.8 Å². The van der Waals surface area contributed by atoms with Crippen LogP contribution in [-0.2, 0) is 0 Å². The molecule has 1 heterocycles. The van der Waals surface area contributed by atoms with Crippen molar-refractivity contribution in [3.63, 3.8) is 0 Å². The predicted octanol–water partition coefficient (Wildman–Crippen LogP) is 5.87. The van der Waals surface area contributed by atoms with E-state index in [-0.39, 0.29) is 11.8 Å². The van der Waals surface area contributed by atoms with Crippen molar-refractivity contribution in [2.45, 2.75) is 27.7 Å². The highest BCUT2D eigenvalue weighted by Gasteiger charge is 2.28. The maximum atomic E-state index is 13.1. The molecule has 3 aromatic carbocycles. The van der Waals surface area contributed by atoms with E-state index in [0.29, 0.717) is 34.9 Å². The number of nitrogens with one attached hydrogen (secondary N) is 1. The van der Waals surface area contributed by atoms with E-state index in [9.17, 15) is 9.59 Å². The minimum Gasteiger partial charge on any atom is -0.454 e. The van der Waals surface area contributed by atoms with Gasteiger partial charge in [-0.15, -0.1) is 0 Å². The summed E-state index contributed by atoms with van der Waals surface area (Å²) in [7, 11) is 0. The highest BCUT2D eigenvalue weighted by Crippen LogP contribution is 2.39. The summed E-state index contributed by atoms with van der Waals surface area (Å²) in [6.45, 7) is 10.5. The second kappa shape index (κ2) is 9.36. The highest BCUT2D eigenvalue weighted by atomic mass is 16.5. The molecule has 0 unspecified atom stereocenters. The van der Waals surface area contributed by atoms with E-state index < -0.39 is 0 Å². The fraction of sp³-hybridized carbons (Fsp3) is 0.259. The highest BCUT2D eigenvalue weighted by molar-refractivity contribution is 6.11. The van der Waals surface area contributed by atoms with Crippen molar-refractivity contribution in [3.8, 4) is 11.5 Å². The van der Waals surface area contributed by atoms with Crippen LogP contribution in [0, 0.1) is 6.92 Å². The Bertz CT molecular complexity index is 1200. The number of carbonyl (C=O) groups is 2. The van der Waals surface area contributed by atoms with E-state index in [1.54, 1.807) is 35.2 Å². The predicted molar refractivity (Wildman–Crippen MR) is 133 cm³/mol. The Balaban J connectivity index is 1.62. The molecule has 6 heteroatoms. The van der Waals surface area contributed by atoms with Gasteiger partial charge in [0.1, 0.15) is 5.75 Å². The molecule has 0 bridgehead atoms. The van der Waals surface area contributed by atoms with Crippen molar-refractivity contribution in [1.29, 1.82) is 0 Å². The van der Waals surface area contributed by atoms with Gasteiger partial charge in [-0.1, -0.05) is 12.1 Å². The molecule has 0 saturated heterocycles. The first kappa shape index (κ1) is 22.4. The fourth-order valence-corrected chi connectivity index (χ4v) is 4.14. The van der Waals surface area contributed by atoms with Gasteiger partial charge < -0.3 is 19.9 Å². The lowest BCUT2D eigenvalue weighted by atomic mass is 10.1.